The van der Waals surface area contributed by atoms with Gasteiger partial charge in [0.05, 0.1) is 0 Å². The zero-order chi connectivity index (χ0) is 19.0. The third-order valence-corrected chi connectivity index (χ3v) is 5.20. The van der Waals surface area contributed by atoms with Crippen LogP contribution in [-0.4, -0.2) is 34.7 Å². The first-order valence-electron chi connectivity index (χ1n) is 9.81. The minimum atomic E-state index is -0.205. The number of rotatable bonds is 10. The van der Waals surface area contributed by atoms with E-state index in [9.17, 15) is 10.2 Å². The molecule has 0 aliphatic carbocycles. The summed E-state index contributed by atoms with van der Waals surface area (Å²) in [6, 6.07) is 15.1. The number of aromatic hydroxyl groups is 2. The van der Waals surface area contributed by atoms with Crippen molar-refractivity contribution in [1.29, 1.82) is 0 Å². The molecule has 0 bridgehead atoms. The van der Waals surface area contributed by atoms with Gasteiger partial charge in [-0.1, -0.05) is 57.9 Å². The molecule has 0 aliphatic rings. The van der Waals surface area contributed by atoms with Gasteiger partial charge < -0.3 is 15.1 Å². The molecule has 0 heterocycles. The van der Waals surface area contributed by atoms with Crippen molar-refractivity contribution in [2.75, 3.05) is 19.6 Å². The quantitative estimate of drug-likeness (QED) is 0.607. The number of nitrogens with zero attached hydrogens (tertiary/aromatic N) is 1. The zero-order valence-electron chi connectivity index (χ0n) is 16.4. The predicted octanol–water partition coefficient (Wildman–Crippen LogP) is 5.31. The minimum Gasteiger partial charge on any atom is -0.508 e. The fraction of sp³-hybridized carbons (Fsp3) is 0.478. The molecule has 0 unspecified atom stereocenters. The molecule has 2 aromatic rings. The average Bonchev–Trinajstić information content (AvgIpc) is 2.64. The Morgan fingerprint density at radius 3 is 1.46 bits per heavy atom. The molecule has 142 valence electrons. The van der Waals surface area contributed by atoms with Crippen molar-refractivity contribution in [3.05, 3.63) is 59.7 Å². The lowest BCUT2D eigenvalue weighted by atomic mass is 9.75. The first-order chi connectivity index (χ1) is 12.5. The van der Waals surface area contributed by atoms with Gasteiger partial charge in [0.1, 0.15) is 11.5 Å². The van der Waals surface area contributed by atoms with Crippen LogP contribution in [-0.2, 0) is 5.41 Å². The van der Waals surface area contributed by atoms with Gasteiger partial charge in [-0.3, -0.25) is 0 Å². The highest BCUT2D eigenvalue weighted by molar-refractivity contribution is 5.42. The van der Waals surface area contributed by atoms with Crippen LogP contribution in [0.25, 0.3) is 0 Å². The number of phenols is 2. The van der Waals surface area contributed by atoms with Crippen LogP contribution in [0.15, 0.2) is 48.5 Å². The maximum absolute atomic E-state index is 9.70. The van der Waals surface area contributed by atoms with Gasteiger partial charge in [0, 0.05) is 12.0 Å². The molecular weight excluding hydrogens is 322 g/mol. The number of hydrogen-bond acceptors (Lipinski definition) is 3. The Bertz CT molecular complexity index is 595. The Balaban J connectivity index is 2.37. The normalized spacial score (nSPS) is 11.8. The van der Waals surface area contributed by atoms with E-state index in [0.717, 1.165) is 19.6 Å². The largest absolute Gasteiger partial charge is 0.508 e. The van der Waals surface area contributed by atoms with E-state index in [0.29, 0.717) is 0 Å². The second kappa shape index (κ2) is 9.63. The lowest BCUT2D eigenvalue weighted by molar-refractivity contribution is 0.226. The Labute approximate surface area is 158 Å². The smallest absolute Gasteiger partial charge is 0.115 e. The van der Waals surface area contributed by atoms with Crippen LogP contribution >= 0.6 is 0 Å². The van der Waals surface area contributed by atoms with Crippen molar-refractivity contribution >= 4 is 0 Å². The Hall–Kier alpha value is -2.00. The predicted molar refractivity (Wildman–Crippen MR) is 109 cm³/mol. The molecule has 0 fully saturated rings. The molecule has 0 aromatic heterocycles. The maximum Gasteiger partial charge on any atom is 0.115 e. The van der Waals surface area contributed by atoms with Crippen LogP contribution in [0.3, 0.4) is 0 Å². The van der Waals surface area contributed by atoms with E-state index in [2.05, 4.69) is 25.7 Å². The van der Waals surface area contributed by atoms with E-state index >= 15 is 0 Å². The number of phenolic OH excluding ortho intramolecular Hbond substituents is 2. The molecule has 0 saturated heterocycles. The number of unbranched alkanes of at least 4 members (excludes halogenated alkanes) is 2. The van der Waals surface area contributed by atoms with Crippen molar-refractivity contribution < 1.29 is 10.2 Å². The molecule has 0 aliphatic heterocycles. The van der Waals surface area contributed by atoms with Crippen molar-refractivity contribution in [3.63, 3.8) is 0 Å². The van der Waals surface area contributed by atoms with Crippen LogP contribution in [0.1, 0.15) is 57.6 Å². The first kappa shape index (κ1) is 20.3. The zero-order valence-corrected chi connectivity index (χ0v) is 16.4. The SMILES string of the molecule is CCCCN(CCCC)CC(C)(c1ccc(O)cc1)c1ccc(O)cc1. The van der Waals surface area contributed by atoms with Crippen LogP contribution in [0.5, 0.6) is 11.5 Å². The summed E-state index contributed by atoms with van der Waals surface area (Å²) in [5, 5.41) is 19.4. The standard InChI is InChI=1S/C23H33NO2/c1-4-6-16-24(17-7-5-2)18-23(3,19-8-12-21(25)13-9-19)20-10-14-22(26)15-11-20/h8-15,25-26H,4-7,16-18H2,1-3H3. The van der Waals surface area contributed by atoms with E-state index < -0.39 is 0 Å². The first-order valence-corrected chi connectivity index (χ1v) is 9.81. The van der Waals surface area contributed by atoms with Gasteiger partial charge in [-0.15, -0.1) is 0 Å². The summed E-state index contributed by atoms with van der Waals surface area (Å²) in [4.78, 5) is 2.56. The van der Waals surface area contributed by atoms with Gasteiger partial charge in [-0.05, 0) is 61.3 Å². The monoisotopic (exact) mass is 355 g/mol. The van der Waals surface area contributed by atoms with Crippen molar-refractivity contribution in [2.24, 2.45) is 0 Å². The summed E-state index contributed by atoms with van der Waals surface area (Å²) in [7, 11) is 0. The molecule has 2 aromatic carbocycles. The summed E-state index contributed by atoms with van der Waals surface area (Å²) >= 11 is 0. The molecule has 0 atom stereocenters. The highest BCUT2D eigenvalue weighted by atomic mass is 16.3. The summed E-state index contributed by atoms with van der Waals surface area (Å²) in [6.45, 7) is 9.85. The molecule has 2 N–H and O–H groups in total. The lowest BCUT2D eigenvalue weighted by Gasteiger charge is -2.37. The Kier molecular flexibility index (Phi) is 7.52. The molecule has 26 heavy (non-hydrogen) atoms. The highest BCUT2D eigenvalue weighted by Crippen LogP contribution is 2.35. The molecule has 0 saturated carbocycles. The van der Waals surface area contributed by atoms with Gasteiger partial charge in [0.2, 0.25) is 0 Å². The molecule has 3 heteroatoms. The minimum absolute atomic E-state index is 0.205. The molecule has 0 amide bonds. The fourth-order valence-electron chi connectivity index (χ4n) is 3.49. The topological polar surface area (TPSA) is 43.7 Å². The van der Waals surface area contributed by atoms with Crippen LogP contribution < -0.4 is 0 Å². The molecule has 3 nitrogen and oxygen atoms in total. The number of hydrogen-bond donors (Lipinski definition) is 2. The van der Waals surface area contributed by atoms with E-state index in [1.807, 2.05) is 24.3 Å². The third-order valence-electron chi connectivity index (χ3n) is 5.20. The third kappa shape index (κ3) is 5.25. The van der Waals surface area contributed by atoms with E-state index in [-0.39, 0.29) is 16.9 Å². The van der Waals surface area contributed by atoms with Crippen molar-refractivity contribution in [1.82, 2.24) is 4.90 Å². The Morgan fingerprint density at radius 2 is 1.12 bits per heavy atom. The molecular formula is C23H33NO2. The van der Waals surface area contributed by atoms with Crippen LogP contribution in [0.4, 0.5) is 0 Å². The summed E-state index contributed by atoms with van der Waals surface area (Å²) in [5.74, 6) is 0.575. The lowest BCUT2D eigenvalue weighted by Crippen LogP contribution is -2.40. The van der Waals surface area contributed by atoms with Crippen LogP contribution in [0.2, 0.25) is 0 Å². The van der Waals surface area contributed by atoms with Crippen molar-refractivity contribution in [2.45, 2.75) is 51.9 Å². The average molecular weight is 356 g/mol. The summed E-state index contributed by atoms with van der Waals surface area (Å²) < 4.78 is 0. The number of benzene rings is 2. The van der Waals surface area contributed by atoms with Gasteiger partial charge in [-0.25, -0.2) is 0 Å². The summed E-state index contributed by atoms with van der Waals surface area (Å²) in [6.07, 6.45) is 4.78. The Morgan fingerprint density at radius 1 is 0.731 bits per heavy atom. The second-order valence-electron chi connectivity index (χ2n) is 7.41. The maximum atomic E-state index is 9.70. The van der Waals surface area contributed by atoms with Gasteiger partial charge in [0.25, 0.3) is 0 Å². The van der Waals surface area contributed by atoms with E-state index in [1.165, 1.54) is 36.8 Å². The summed E-state index contributed by atoms with van der Waals surface area (Å²) in [5.41, 5.74) is 2.15. The molecule has 0 radical (unpaired) electrons. The molecule has 2 rings (SSSR count). The van der Waals surface area contributed by atoms with Crippen LogP contribution in [0, 0.1) is 0 Å². The fourth-order valence-corrected chi connectivity index (χ4v) is 3.49. The second-order valence-corrected chi connectivity index (χ2v) is 7.41. The highest BCUT2D eigenvalue weighted by Gasteiger charge is 2.31. The van der Waals surface area contributed by atoms with E-state index in [1.54, 1.807) is 24.3 Å². The van der Waals surface area contributed by atoms with E-state index in [4.69, 9.17) is 0 Å². The van der Waals surface area contributed by atoms with Crippen molar-refractivity contribution in [3.8, 4) is 11.5 Å². The molecule has 0 spiro atoms. The van der Waals surface area contributed by atoms with Gasteiger partial charge in [-0.2, -0.15) is 0 Å². The van der Waals surface area contributed by atoms with Gasteiger partial charge in [0.15, 0.2) is 0 Å². The van der Waals surface area contributed by atoms with Gasteiger partial charge >= 0.3 is 0 Å².